The Morgan fingerprint density at radius 1 is 1.69 bits per heavy atom. The first kappa shape index (κ1) is 11.5. The van der Waals surface area contributed by atoms with Crippen LogP contribution < -0.4 is 4.90 Å². The third-order valence-corrected chi connectivity index (χ3v) is 2.91. The van der Waals surface area contributed by atoms with E-state index in [1.54, 1.807) is 18.9 Å². The second kappa shape index (κ2) is 4.87. The van der Waals surface area contributed by atoms with E-state index >= 15 is 0 Å². The molecule has 2 rings (SSSR count). The van der Waals surface area contributed by atoms with Crippen molar-refractivity contribution >= 4 is 20.4 Å². The standard InChI is InChI=1S/C10H14N3O2P/c1-3-8-4-5-11-10(12-8)13-6-9(7-13)15-16(2)14/h3-5,9,14H,1,6-7H2,2H3. The average molecular weight is 239 g/mol. The summed E-state index contributed by atoms with van der Waals surface area (Å²) in [4.78, 5) is 19.6. The average Bonchev–Trinajstić information content (AvgIpc) is 2.22. The fraction of sp³-hybridized carbons (Fsp3) is 0.400. The van der Waals surface area contributed by atoms with Crippen LogP contribution in [-0.4, -0.2) is 40.7 Å². The first-order valence-corrected chi connectivity index (χ1v) is 6.65. The first-order valence-electron chi connectivity index (χ1n) is 4.99. The van der Waals surface area contributed by atoms with Gasteiger partial charge in [0.1, 0.15) is 0 Å². The molecular weight excluding hydrogens is 225 g/mol. The second-order valence-corrected chi connectivity index (χ2v) is 4.72. The zero-order valence-electron chi connectivity index (χ0n) is 9.08. The van der Waals surface area contributed by atoms with Crippen LogP contribution in [0.4, 0.5) is 5.95 Å². The molecule has 86 valence electrons. The number of nitrogens with zero attached hydrogens (tertiary/aromatic N) is 3. The number of aromatic nitrogens is 2. The molecule has 1 aromatic rings. The maximum Gasteiger partial charge on any atom is 0.226 e. The molecule has 0 amide bonds. The van der Waals surface area contributed by atoms with Gasteiger partial charge < -0.3 is 14.3 Å². The van der Waals surface area contributed by atoms with E-state index < -0.39 is 8.38 Å². The Kier molecular flexibility index (Phi) is 3.49. The van der Waals surface area contributed by atoms with Gasteiger partial charge in [0.15, 0.2) is 8.38 Å². The van der Waals surface area contributed by atoms with Gasteiger partial charge in [0.05, 0.1) is 11.8 Å². The van der Waals surface area contributed by atoms with Crippen LogP contribution >= 0.6 is 8.38 Å². The SMILES string of the molecule is C=Cc1ccnc(N2CC(OP(C)O)C2)n1. The van der Waals surface area contributed by atoms with Gasteiger partial charge in [-0.1, -0.05) is 6.58 Å². The van der Waals surface area contributed by atoms with Crippen molar-refractivity contribution in [2.24, 2.45) is 0 Å². The predicted molar refractivity (Wildman–Crippen MR) is 64.3 cm³/mol. The minimum absolute atomic E-state index is 0.0945. The summed E-state index contributed by atoms with van der Waals surface area (Å²) in [6.45, 7) is 6.80. The van der Waals surface area contributed by atoms with Gasteiger partial charge in [0.25, 0.3) is 0 Å². The van der Waals surface area contributed by atoms with Crippen LogP contribution in [0.5, 0.6) is 0 Å². The van der Waals surface area contributed by atoms with E-state index in [9.17, 15) is 0 Å². The Morgan fingerprint density at radius 3 is 3.06 bits per heavy atom. The highest BCUT2D eigenvalue weighted by Gasteiger charge is 2.30. The Balaban J connectivity index is 1.93. The van der Waals surface area contributed by atoms with Gasteiger partial charge >= 0.3 is 0 Å². The fourth-order valence-electron chi connectivity index (χ4n) is 1.51. The predicted octanol–water partition coefficient (Wildman–Crippen LogP) is 1.26. The Hall–Kier alpha value is -1.03. The van der Waals surface area contributed by atoms with Gasteiger partial charge in [-0.15, -0.1) is 0 Å². The van der Waals surface area contributed by atoms with Crippen LogP contribution in [-0.2, 0) is 4.52 Å². The fourth-order valence-corrected chi connectivity index (χ4v) is 2.08. The second-order valence-electron chi connectivity index (χ2n) is 3.58. The van der Waals surface area contributed by atoms with Gasteiger partial charge in [0.2, 0.25) is 5.95 Å². The zero-order valence-corrected chi connectivity index (χ0v) is 9.97. The topological polar surface area (TPSA) is 58.5 Å². The number of hydrogen-bond donors (Lipinski definition) is 1. The lowest BCUT2D eigenvalue weighted by atomic mass is 10.2. The summed E-state index contributed by atoms with van der Waals surface area (Å²) < 4.78 is 5.30. The number of hydrogen-bond acceptors (Lipinski definition) is 5. The van der Waals surface area contributed by atoms with Gasteiger partial charge in [0, 0.05) is 26.0 Å². The normalized spacial score (nSPS) is 18.0. The Morgan fingerprint density at radius 2 is 2.44 bits per heavy atom. The minimum Gasteiger partial charge on any atom is -0.350 e. The molecule has 1 fully saturated rings. The molecule has 1 unspecified atom stereocenters. The van der Waals surface area contributed by atoms with Gasteiger partial charge in [-0.25, -0.2) is 9.97 Å². The molecule has 1 aliphatic heterocycles. The third kappa shape index (κ3) is 2.55. The first-order chi connectivity index (χ1) is 7.69. The van der Waals surface area contributed by atoms with E-state index in [1.807, 2.05) is 11.0 Å². The molecular formula is C10H14N3O2P. The molecule has 0 radical (unpaired) electrons. The van der Waals surface area contributed by atoms with Crippen LogP contribution in [0.3, 0.4) is 0 Å². The monoisotopic (exact) mass is 239 g/mol. The molecule has 0 aliphatic carbocycles. The summed E-state index contributed by atoms with van der Waals surface area (Å²) in [5, 5.41) is 0. The highest BCUT2D eigenvalue weighted by Crippen LogP contribution is 2.31. The molecule has 0 bridgehead atoms. The lowest BCUT2D eigenvalue weighted by Crippen LogP contribution is -2.52. The third-order valence-electron chi connectivity index (χ3n) is 2.31. The zero-order chi connectivity index (χ0) is 11.5. The molecule has 0 saturated carbocycles. The van der Waals surface area contributed by atoms with E-state index in [4.69, 9.17) is 9.42 Å². The lowest BCUT2D eigenvalue weighted by molar-refractivity contribution is 0.169. The quantitative estimate of drug-likeness (QED) is 0.801. The Labute approximate surface area is 95.7 Å². The van der Waals surface area contributed by atoms with Crippen molar-refractivity contribution in [1.29, 1.82) is 0 Å². The summed E-state index contributed by atoms with van der Waals surface area (Å²) in [6, 6.07) is 1.81. The van der Waals surface area contributed by atoms with Crippen LogP contribution in [0.1, 0.15) is 5.69 Å². The van der Waals surface area contributed by atoms with Crippen LogP contribution in [0.15, 0.2) is 18.8 Å². The summed E-state index contributed by atoms with van der Waals surface area (Å²) in [6.07, 6.45) is 3.50. The Bertz CT molecular complexity index is 380. The van der Waals surface area contributed by atoms with Crippen molar-refractivity contribution < 1.29 is 9.42 Å². The smallest absolute Gasteiger partial charge is 0.226 e. The molecule has 5 nitrogen and oxygen atoms in total. The van der Waals surface area contributed by atoms with Crippen molar-refractivity contribution in [3.05, 3.63) is 24.5 Å². The molecule has 1 aromatic heterocycles. The summed E-state index contributed by atoms with van der Waals surface area (Å²) in [5.41, 5.74) is 0.814. The van der Waals surface area contributed by atoms with Crippen LogP contribution in [0, 0.1) is 0 Å². The molecule has 1 atom stereocenters. The molecule has 0 spiro atoms. The molecule has 1 aliphatic rings. The molecule has 0 aromatic carbocycles. The van der Waals surface area contributed by atoms with Crippen molar-refractivity contribution in [3.63, 3.8) is 0 Å². The molecule has 1 N–H and O–H groups in total. The van der Waals surface area contributed by atoms with E-state index in [1.165, 1.54) is 0 Å². The van der Waals surface area contributed by atoms with Crippen molar-refractivity contribution in [2.75, 3.05) is 24.7 Å². The van der Waals surface area contributed by atoms with Crippen LogP contribution in [0.2, 0.25) is 0 Å². The highest BCUT2D eigenvalue weighted by atomic mass is 31.2. The summed E-state index contributed by atoms with van der Waals surface area (Å²) in [7, 11) is -1.28. The molecule has 6 heteroatoms. The molecule has 2 heterocycles. The molecule has 16 heavy (non-hydrogen) atoms. The van der Waals surface area contributed by atoms with E-state index in [-0.39, 0.29) is 6.10 Å². The molecule has 1 saturated heterocycles. The minimum atomic E-state index is -1.28. The van der Waals surface area contributed by atoms with Gasteiger partial charge in [-0.3, -0.25) is 0 Å². The van der Waals surface area contributed by atoms with E-state index in [0.717, 1.165) is 18.8 Å². The van der Waals surface area contributed by atoms with Crippen molar-refractivity contribution in [3.8, 4) is 0 Å². The maximum atomic E-state index is 9.11. The highest BCUT2D eigenvalue weighted by molar-refractivity contribution is 7.45. The van der Waals surface area contributed by atoms with Gasteiger partial charge in [-0.05, 0) is 12.1 Å². The van der Waals surface area contributed by atoms with E-state index in [0.29, 0.717) is 5.95 Å². The maximum absolute atomic E-state index is 9.11. The summed E-state index contributed by atoms with van der Waals surface area (Å²) >= 11 is 0. The largest absolute Gasteiger partial charge is 0.350 e. The number of anilines is 1. The van der Waals surface area contributed by atoms with Crippen molar-refractivity contribution in [1.82, 2.24) is 9.97 Å². The van der Waals surface area contributed by atoms with E-state index in [2.05, 4.69) is 16.5 Å². The van der Waals surface area contributed by atoms with Crippen molar-refractivity contribution in [2.45, 2.75) is 6.10 Å². The number of rotatable bonds is 4. The lowest BCUT2D eigenvalue weighted by Gasteiger charge is -2.39. The van der Waals surface area contributed by atoms with Crippen LogP contribution in [0.25, 0.3) is 6.08 Å². The van der Waals surface area contributed by atoms with Gasteiger partial charge in [-0.2, -0.15) is 0 Å². The summed E-state index contributed by atoms with van der Waals surface area (Å²) in [5.74, 6) is 0.690.